The molecule has 0 unspecified atom stereocenters. The minimum absolute atomic E-state index is 0.0976. The van der Waals surface area contributed by atoms with E-state index in [1.807, 2.05) is 54.1 Å². The molecule has 0 aliphatic carbocycles. The van der Waals surface area contributed by atoms with Crippen LogP contribution in [0.4, 0.5) is 23.1 Å². The molecule has 1 aromatic carbocycles. The minimum Gasteiger partial charge on any atom is -0.341 e. The molecule has 0 radical (unpaired) electrons. The van der Waals surface area contributed by atoms with E-state index in [-0.39, 0.29) is 5.91 Å². The lowest BCUT2D eigenvalue weighted by molar-refractivity contribution is 0.102. The van der Waals surface area contributed by atoms with Crippen molar-refractivity contribution in [1.82, 2.24) is 9.97 Å². The van der Waals surface area contributed by atoms with Crippen LogP contribution in [0.3, 0.4) is 0 Å². The van der Waals surface area contributed by atoms with E-state index in [0.29, 0.717) is 5.56 Å². The Morgan fingerprint density at radius 3 is 2.50 bits per heavy atom. The number of anilines is 4. The molecular weight excluding hydrogens is 370 g/mol. The number of rotatable bonds is 5. The van der Waals surface area contributed by atoms with Gasteiger partial charge in [-0.2, -0.15) is 16.3 Å². The third-order valence-electron chi connectivity index (χ3n) is 4.68. The van der Waals surface area contributed by atoms with E-state index in [1.165, 1.54) is 30.6 Å². The van der Waals surface area contributed by atoms with Crippen LogP contribution in [-0.4, -0.2) is 29.0 Å². The number of benzene rings is 1. The molecule has 1 aliphatic rings. The van der Waals surface area contributed by atoms with Gasteiger partial charge in [0.25, 0.3) is 5.91 Å². The lowest BCUT2D eigenvalue weighted by Crippen LogP contribution is -2.31. The zero-order valence-electron chi connectivity index (χ0n) is 15.8. The summed E-state index contributed by atoms with van der Waals surface area (Å²) in [7, 11) is 0. The van der Waals surface area contributed by atoms with E-state index in [2.05, 4.69) is 20.5 Å². The number of carbonyl (C=O) groups excluding carboxylic acids is 1. The molecule has 4 rings (SSSR count). The van der Waals surface area contributed by atoms with Crippen LogP contribution in [0.5, 0.6) is 0 Å². The average Bonchev–Trinajstić information content (AvgIpc) is 3.25. The molecule has 3 heterocycles. The molecule has 0 atom stereocenters. The fourth-order valence-electron chi connectivity index (χ4n) is 3.23. The summed E-state index contributed by atoms with van der Waals surface area (Å²) in [5, 5.41) is 9.98. The first-order valence-corrected chi connectivity index (χ1v) is 10.4. The predicted molar refractivity (Wildman–Crippen MR) is 115 cm³/mol. The summed E-state index contributed by atoms with van der Waals surface area (Å²) < 4.78 is 0. The number of hydrogen-bond acceptors (Lipinski definition) is 6. The van der Waals surface area contributed by atoms with Crippen molar-refractivity contribution in [2.75, 3.05) is 28.6 Å². The maximum Gasteiger partial charge on any atom is 0.256 e. The second-order valence-electron chi connectivity index (χ2n) is 6.91. The number of aromatic nitrogens is 2. The Labute approximate surface area is 168 Å². The van der Waals surface area contributed by atoms with E-state index in [9.17, 15) is 4.79 Å². The fourth-order valence-corrected chi connectivity index (χ4v) is 3.87. The number of thiophene rings is 1. The van der Waals surface area contributed by atoms with E-state index in [4.69, 9.17) is 4.98 Å². The third kappa shape index (κ3) is 4.48. The van der Waals surface area contributed by atoms with Crippen molar-refractivity contribution in [3.05, 3.63) is 58.4 Å². The van der Waals surface area contributed by atoms with Crippen molar-refractivity contribution >= 4 is 40.4 Å². The van der Waals surface area contributed by atoms with Crippen LogP contribution in [0.1, 0.15) is 35.3 Å². The molecule has 0 saturated carbocycles. The Balaban J connectivity index is 1.44. The Morgan fingerprint density at radius 2 is 1.79 bits per heavy atom. The summed E-state index contributed by atoms with van der Waals surface area (Å²) >= 11 is 1.51. The van der Waals surface area contributed by atoms with Crippen molar-refractivity contribution in [2.45, 2.75) is 26.2 Å². The van der Waals surface area contributed by atoms with Crippen LogP contribution in [0, 0.1) is 6.92 Å². The third-order valence-corrected chi connectivity index (χ3v) is 5.36. The molecular formula is C21H23N5OS. The molecule has 144 valence electrons. The average molecular weight is 394 g/mol. The van der Waals surface area contributed by atoms with E-state index < -0.39 is 0 Å². The van der Waals surface area contributed by atoms with Gasteiger partial charge >= 0.3 is 0 Å². The Morgan fingerprint density at radius 1 is 1.04 bits per heavy atom. The predicted octanol–water partition coefficient (Wildman–Crippen LogP) is 4.83. The lowest BCUT2D eigenvalue weighted by Gasteiger charge is -2.27. The number of aryl methyl sites for hydroxylation is 1. The number of nitrogens with zero attached hydrogens (tertiary/aromatic N) is 3. The summed E-state index contributed by atoms with van der Waals surface area (Å²) in [6, 6.07) is 11.4. The van der Waals surface area contributed by atoms with Crippen LogP contribution in [0.25, 0.3) is 0 Å². The summed E-state index contributed by atoms with van der Waals surface area (Å²) in [4.78, 5) is 23.7. The fraction of sp³-hybridized carbons (Fsp3) is 0.286. The molecule has 1 saturated heterocycles. The highest BCUT2D eigenvalue weighted by Gasteiger charge is 2.14. The SMILES string of the molecule is Cc1cc(Nc2ccc(NC(=O)c3ccsc3)cc2)nc(N2CCCCC2)n1. The van der Waals surface area contributed by atoms with Gasteiger partial charge in [-0.15, -0.1) is 0 Å². The smallest absolute Gasteiger partial charge is 0.256 e. The zero-order chi connectivity index (χ0) is 19.3. The summed E-state index contributed by atoms with van der Waals surface area (Å²) in [6.45, 7) is 4.02. The summed E-state index contributed by atoms with van der Waals surface area (Å²) in [6.07, 6.45) is 3.67. The number of nitrogens with one attached hydrogen (secondary N) is 2. The Kier molecular flexibility index (Phi) is 5.53. The first kappa shape index (κ1) is 18.4. The second kappa shape index (κ2) is 8.39. The van der Waals surface area contributed by atoms with Crippen molar-refractivity contribution in [3.8, 4) is 0 Å². The van der Waals surface area contributed by atoms with Gasteiger partial charge in [-0.05, 0) is 61.9 Å². The van der Waals surface area contributed by atoms with Crippen LogP contribution < -0.4 is 15.5 Å². The standard InChI is InChI=1S/C21H23N5OS/c1-15-13-19(25-21(22-15)26-10-3-2-4-11-26)23-17-5-7-18(8-6-17)24-20(27)16-9-12-28-14-16/h5-9,12-14H,2-4,10-11H2,1H3,(H,24,27)(H,22,23,25). The highest BCUT2D eigenvalue weighted by Crippen LogP contribution is 2.22. The highest BCUT2D eigenvalue weighted by molar-refractivity contribution is 7.08. The van der Waals surface area contributed by atoms with Crippen molar-refractivity contribution in [2.24, 2.45) is 0 Å². The van der Waals surface area contributed by atoms with Gasteiger partial charge in [-0.25, -0.2) is 4.98 Å². The molecule has 0 spiro atoms. The van der Waals surface area contributed by atoms with E-state index in [1.54, 1.807) is 0 Å². The van der Waals surface area contributed by atoms with E-state index in [0.717, 1.165) is 41.9 Å². The number of piperidine rings is 1. The van der Waals surface area contributed by atoms with Crippen LogP contribution >= 0.6 is 11.3 Å². The molecule has 2 N–H and O–H groups in total. The molecule has 2 aromatic heterocycles. The van der Waals surface area contributed by atoms with Crippen LogP contribution in [-0.2, 0) is 0 Å². The van der Waals surface area contributed by atoms with Gasteiger partial charge in [-0.3, -0.25) is 4.79 Å². The molecule has 1 aliphatic heterocycles. The monoisotopic (exact) mass is 393 g/mol. The molecule has 1 amide bonds. The first-order valence-electron chi connectivity index (χ1n) is 9.49. The molecule has 0 bridgehead atoms. The highest BCUT2D eigenvalue weighted by atomic mass is 32.1. The maximum atomic E-state index is 12.1. The quantitative estimate of drug-likeness (QED) is 0.649. The molecule has 7 heteroatoms. The second-order valence-corrected chi connectivity index (χ2v) is 7.69. The number of hydrogen-bond donors (Lipinski definition) is 2. The molecule has 6 nitrogen and oxygen atoms in total. The lowest BCUT2D eigenvalue weighted by atomic mass is 10.1. The van der Waals surface area contributed by atoms with E-state index >= 15 is 0 Å². The summed E-state index contributed by atoms with van der Waals surface area (Å²) in [5.74, 6) is 1.48. The molecule has 28 heavy (non-hydrogen) atoms. The number of amides is 1. The van der Waals surface area contributed by atoms with Gasteiger partial charge in [0, 0.05) is 41.6 Å². The number of carbonyl (C=O) groups is 1. The van der Waals surface area contributed by atoms with Gasteiger partial charge in [0.15, 0.2) is 0 Å². The van der Waals surface area contributed by atoms with Gasteiger partial charge in [-0.1, -0.05) is 0 Å². The molecule has 3 aromatic rings. The normalized spacial score (nSPS) is 14.0. The maximum absolute atomic E-state index is 12.1. The van der Waals surface area contributed by atoms with Gasteiger partial charge in [0.1, 0.15) is 5.82 Å². The van der Waals surface area contributed by atoms with Gasteiger partial charge in [0.05, 0.1) is 5.56 Å². The van der Waals surface area contributed by atoms with Crippen molar-refractivity contribution in [3.63, 3.8) is 0 Å². The van der Waals surface area contributed by atoms with Crippen molar-refractivity contribution in [1.29, 1.82) is 0 Å². The minimum atomic E-state index is -0.0976. The largest absolute Gasteiger partial charge is 0.341 e. The molecule has 1 fully saturated rings. The topological polar surface area (TPSA) is 70.2 Å². The van der Waals surface area contributed by atoms with Gasteiger partial charge in [0.2, 0.25) is 5.95 Å². The Hall–Kier alpha value is -2.93. The van der Waals surface area contributed by atoms with Gasteiger partial charge < -0.3 is 15.5 Å². The van der Waals surface area contributed by atoms with Crippen molar-refractivity contribution < 1.29 is 4.79 Å². The Bertz CT molecular complexity index is 934. The van der Waals surface area contributed by atoms with Crippen LogP contribution in [0.15, 0.2) is 47.2 Å². The zero-order valence-corrected chi connectivity index (χ0v) is 16.6. The van der Waals surface area contributed by atoms with Crippen LogP contribution in [0.2, 0.25) is 0 Å². The first-order chi connectivity index (χ1) is 13.7. The summed E-state index contributed by atoms with van der Waals surface area (Å²) in [5.41, 5.74) is 3.29.